The van der Waals surface area contributed by atoms with Crippen LogP contribution >= 0.6 is 0 Å². The molecule has 0 bridgehead atoms. The zero-order chi connectivity index (χ0) is 19.4. The van der Waals surface area contributed by atoms with Crippen LogP contribution in [0.25, 0.3) is 10.9 Å². The van der Waals surface area contributed by atoms with E-state index in [2.05, 4.69) is 10.3 Å². The highest BCUT2D eigenvalue weighted by molar-refractivity contribution is 6.06. The Hall–Kier alpha value is -2.31. The molecule has 1 aliphatic heterocycles. The summed E-state index contributed by atoms with van der Waals surface area (Å²) in [6.07, 6.45) is 2.45. The third-order valence-corrected chi connectivity index (χ3v) is 4.57. The van der Waals surface area contributed by atoms with Gasteiger partial charge in [0.1, 0.15) is 11.9 Å². The van der Waals surface area contributed by atoms with Gasteiger partial charge in [0, 0.05) is 17.7 Å². The van der Waals surface area contributed by atoms with Crippen molar-refractivity contribution >= 4 is 16.8 Å². The summed E-state index contributed by atoms with van der Waals surface area (Å²) in [5.41, 5.74) is 2.91. The minimum Gasteiger partial charge on any atom is -0.379 e. The van der Waals surface area contributed by atoms with Crippen molar-refractivity contribution in [1.29, 1.82) is 0 Å². The van der Waals surface area contributed by atoms with Crippen LogP contribution in [0.3, 0.4) is 0 Å². The molecule has 5 nitrogen and oxygen atoms in total. The second-order valence-electron chi connectivity index (χ2n) is 7.07. The number of amides is 1. The molecule has 1 aromatic carbocycles. The number of rotatable bonds is 5. The number of nitrogens with one attached hydrogen (secondary N) is 1. The molecule has 144 valence electrons. The van der Waals surface area contributed by atoms with Gasteiger partial charge in [0.25, 0.3) is 5.91 Å². The standard InChI is InChI=1S/C21H25FN2O3/c1-13(2)6-9-27-20-12-26-8-7-19(20)24-21(25)17-10-14(3)23-18-5-4-15(22)11-16(17)18/h4-6,10-11,19-20H,7-9,12H2,1-3H3,(H,24,25)/t19-,20-/m1/s1. The zero-order valence-electron chi connectivity index (χ0n) is 15.9. The third kappa shape index (κ3) is 4.90. The van der Waals surface area contributed by atoms with E-state index >= 15 is 0 Å². The van der Waals surface area contributed by atoms with Crippen molar-refractivity contribution in [3.05, 3.63) is 53.0 Å². The Morgan fingerprint density at radius 3 is 3.00 bits per heavy atom. The summed E-state index contributed by atoms with van der Waals surface area (Å²) in [5.74, 6) is -0.644. The van der Waals surface area contributed by atoms with Gasteiger partial charge in [-0.2, -0.15) is 0 Å². The Kier molecular flexibility index (Phi) is 6.19. The van der Waals surface area contributed by atoms with Crippen LogP contribution in [0.4, 0.5) is 4.39 Å². The topological polar surface area (TPSA) is 60.5 Å². The molecule has 0 unspecified atom stereocenters. The summed E-state index contributed by atoms with van der Waals surface area (Å²) in [5, 5.41) is 3.55. The number of halogens is 1. The first kappa shape index (κ1) is 19.5. The molecule has 1 amide bonds. The van der Waals surface area contributed by atoms with E-state index in [4.69, 9.17) is 9.47 Å². The van der Waals surface area contributed by atoms with Crippen LogP contribution in [0.1, 0.15) is 36.3 Å². The minimum absolute atomic E-state index is 0.158. The van der Waals surface area contributed by atoms with Crippen LogP contribution in [0.2, 0.25) is 0 Å². The van der Waals surface area contributed by atoms with Crippen LogP contribution in [0, 0.1) is 12.7 Å². The summed E-state index contributed by atoms with van der Waals surface area (Å²) in [6.45, 7) is 7.32. The first-order valence-electron chi connectivity index (χ1n) is 9.14. The van der Waals surface area contributed by atoms with Crippen molar-refractivity contribution < 1.29 is 18.7 Å². The SMILES string of the molecule is CC(C)=CCO[C@@H]1COCC[C@H]1NC(=O)c1cc(C)nc2ccc(F)cc12. The van der Waals surface area contributed by atoms with E-state index in [1.807, 2.05) is 26.8 Å². The summed E-state index contributed by atoms with van der Waals surface area (Å²) < 4.78 is 25.1. The highest BCUT2D eigenvalue weighted by Crippen LogP contribution is 2.21. The van der Waals surface area contributed by atoms with Gasteiger partial charge in [0.05, 0.1) is 30.3 Å². The number of carbonyl (C=O) groups is 1. The van der Waals surface area contributed by atoms with E-state index in [0.29, 0.717) is 48.4 Å². The molecule has 0 aliphatic carbocycles. The third-order valence-electron chi connectivity index (χ3n) is 4.57. The molecule has 0 saturated carbocycles. The van der Waals surface area contributed by atoms with E-state index in [9.17, 15) is 9.18 Å². The number of hydrogen-bond donors (Lipinski definition) is 1. The number of benzene rings is 1. The lowest BCUT2D eigenvalue weighted by molar-refractivity contribution is -0.0589. The lowest BCUT2D eigenvalue weighted by atomic mass is 10.0. The van der Waals surface area contributed by atoms with Gasteiger partial charge in [0.15, 0.2) is 0 Å². The van der Waals surface area contributed by atoms with Crippen molar-refractivity contribution in [3.8, 4) is 0 Å². The highest BCUT2D eigenvalue weighted by Gasteiger charge is 2.28. The molecule has 2 heterocycles. The summed E-state index contributed by atoms with van der Waals surface area (Å²) in [4.78, 5) is 17.3. The molecule has 27 heavy (non-hydrogen) atoms. The monoisotopic (exact) mass is 372 g/mol. The van der Waals surface area contributed by atoms with Gasteiger partial charge >= 0.3 is 0 Å². The number of pyridine rings is 1. The van der Waals surface area contributed by atoms with Gasteiger partial charge < -0.3 is 14.8 Å². The number of hydrogen-bond acceptors (Lipinski definition) is 4. The quantitative estimate of drug-likeness (QED) is 0.816. The van der Waals surface area contributed by atoms with Crippen molar-refractivity contribution in [2.24, 2.45) is 0 Å². The number of nitrogens with zero attached hydrogens (tertiary/aromatic N) is 1. The molecule has 1 aromatic heterocycles. The number of allylic oxidation sites excluding steroid dienone is 1. The molecule has 0 spiro atoms. The van der Waals surface area contributed by atoms with Crippen LogP contribution in [0.5, 0.6) is 0 Å². The van der Waals surface area contributed by atoms with Gasteiger partial charge in [-0.1, -0.05) is 11.6 Å². The molecule has 1 saturated heterocycles. The maximum Gasteiger partial charge on any atom is 0.252 e. The van der Waals surface area contributed by atoms with Crippen LogP contribution in [0.15, 0.2) is 35.9 Å². The average Bonchev–Trinajstić information content (AvgIpc) is 2.62. The lowest BCUT2D eigenvalue weighted by Gasteiger charge is -2.32. The Morgan fingerprint density at radius 2 is 2.22 bits per heavy atom. The second-order valence-corrected chi connectivity index (χ2v) is 7.07. The van der Waals surface area contributed by atoms with E-state index in [1.54, 1.807) is 12.1 Å². The number of aromatic nitrogens is 1. The van der Waals surface area contributed by atoms with Crippen molar-refractivity contribution in [3.63, 3.8) is 0 Å². The average molecular weight is 372 g/mol. The van der Waals surface area contributed by atoms with E-state index < -0.39 is 5.82 Å². The Bertz CT molecular complexity index is 862. The Balaban J connectivity index is 1.80. The molecule has 1 fully saturated rings. The Morgan fingerprint density at radius 1 is 1.41 bits per heavy atom. The van der Waals surface area contributed by atoms with Crippen LogP contribution in [-0.2, 0) is 9.47 Å². The molecule has 6 heteroatoms. The van der Waals surface area contributed by atoms with Crippen molar-refractivity contribution in [2.45, 2.75) is 39.3 Å². The van der Waals surface area contributed by atoms with Gasteiger partial charge in [-0.05, 0) is 51.5 Å². The molecule has 2 atom stereocenters. The van der Waals surface area contributed by atoms with E-state index in [0.717, 1.165) is 0 Å². The smallest absolute Gasteiger partial charge is 0.252 e. The summed E-state index contributed by atoms with van der Waals surface area (Å²) in [6, 6.07) is 5.82. The number of fused-ring (bicyclic) bond motifs is 1. The molecule has 3 rings (SSSR count). The first-order chi connectivity index (χ1) is 12.9. The fourth-order valence-corrected chi connectivity index (χ4v) is 3.14. The van der Waals surface area contributed by atoms with E-state index in [-0.39, 0.29) is 18.1 Å². The maximum atomic E-state index is 13.7. The normalized spacial score (nSPS) is 19.7. The van der Waals surface area contributed by atoms with E-state index in [1.165, 1.54) is 17.7 Å². The molecule has 0 radical (unpaired) electrons. The number of aryl methyl sites for hydroxylation is 1. The van der Waals surface area contributed by atoms with Gasteiger partial charge in [-0.15, -0.1) is 0 Å². The fourth-order valence-electron chi connectivity index (χ4n) is 3.14. The Labute approximate surface area is 158 Å². The number of carbonyl (C=O) groups excluding carboxylic acids is 1. The first-order valence-corrected chi connectivity index (χ1v) is 9.14. The lowest BCUT2D eigenvalue weighted by Crippen LogP contribution is -2.50. The van der Waals surface area contributed by atoms with Crippen LogP contribution in [-0.4, -0.2) is 42.9 Å². The molecular formula is C21H25FN2O3. The van der Waals surface area contributed by atoms with Gasteiger partial charge in [0.2, 0.25) is 0 Å². The summed E-state index contributed by atoms with van der Waals surface area (Å²) >= 11 is 0. The van der Waals surface area contributed by atoms with Crippen molar-refractivity contribution in [1.82, 2.24) is 10.3 Å². The molecular weight excluding hydrogens is 347 g/mol. The molecule has 1 aliphatic rings. The van der Waals surface area contributed by atoms with Crippen LogP contribution < -0.4 is 5.32 Å². The molecule has 1 N–H and O–H groups in total. The zero-order valence-corrected chi connectivity index (χ0v) is 15.9. The second kappa shape index (κ2) is 8.59. The summed E-state index contributed by atoms with van der Waals surface area (Å²) in [7, 11) is 0. The maximum absolute atomic E-state index is 13.7. The predicted octanol–water partition coefficient (Wildman–Crippen LogP) is 3.55. The highest BCUT2D eigenvalue weighted by atomic mass is 19.1. The number of ether oxygens (including phenoxy) is 2. The fraction of sp³-hybridized carbons (Fsp3) is 0.429. The minimum atomic E-state index is -0.392. The van der Waals surface area contributed by atoms with Gasteiger partial charge in [-0.25, -0.2) is 4.39 Å². The largest absolute Gasteiger partial charge is 0.379 e. The molecule has 2 aromatic rings. The van der Waals surface area contributed by atoms with Gasteiger partial charge in [-0.3, -0.25) is 9.78 Å². The van der Waals surface area contributed by atoms with Crippen molar-refractivity contribution in [2.75, 3.05) is 19.8 Å². The predicted molar refractivity (Wildman–Crippen MR) is 102 cm³/mol.